The van der Waals surface area contributed by atoms with Crippen LogP contribution in [0.1, 0.15) is 16.8 Å². The van der Waals surface area contributed by atoms with Crippen molar-refractivity contribution >= 4 is 0 Å². The van der Waals surface area contributed by atoms with Crippen molar-refractivity contribution in [2.24, 2.45) is 0 Å². The van der Waals surface area contributed by atoms with Crippen LogP contribution in [0.2, 0.25) is 0 Å². The number of nitriles is 1. The second kappa shape index (κ2) is 6.58. The highest BCUT2D eigenvalue weighted by molar-refractivity contribution is 5.45. The fourth-order valence-electron chi connectivity index (χ4n) is 1.86. The SMILES string of the molecule is Cc1cc(C)c(C#N)c(OCCOc2ccccc2)n1. The summed E-state index contributed by atoms with van der Waals surface area (Å²) in [6.07, 6.45) is 0. The third-order valence-electron chi connectivity index (χ3n) is 2.76. The van der Waals surface area contributed by atoms with Gasteiger partial charge in [0.2, 0.25) is 5.88 Å². The highest BCUT2D eigenvalue weighted by Crippen LogP contribution is 2.19. The molecule has 102 valence electrons. The van der Waals surface area contributed by atoms with E-state index >= 15 is 0 Å². The Labute approximate surface area is 118 Å². The molecule has 0 bridgehead atoms. The molecule has 20 heavy (non-hydrogen) atoms. The van der Waals surface area contributed by atoms with Gasteiger partial charge in [-0.3, -0.25) is 0 Å². The van der Waals surface area contributed by atoms with Crippen LogP contribution in [0.5, 0.6) is 11.6 Å². The Morgan fingerprint density at radius 1 is 1.10 bits per heavy atom. The van der Waals surface area contributed by atoms with Crippen LogP contribution in [0.3, 0.4) is 0 Å². The predicted molar refractivity (Wildman–Crippen MR) is 75.9 cm³/mol. The van der Waals surface area contributed by atoms with E-state index in [1.807, 2.05) is 50.2 Å². The van der Waals surface area contributed by atoms with Crippen LogP contribution >= 0.6 is 0 Å². The molecule has 0 atom stereocenters. The van der Waals surface area contributed by atoms with Gasteiger partial charge in [-0.15, -0.1) is 0 Å². The standard InChI is InChI=1S/C16H16N2O2/c1-12-10-13(2)18-16(15(12)11-17)20-9-8-19-14-6-4-3-5-7-14/h3-7,10H,8-9H2,1-2H3. The Kier molecular flexibility index (Phi) is 4.56. The number of hydrogen-bond donors (Lipinski definition) is 0. The molecule has 0 saturated carbocycles. The van der Waals surface area contributed by atoms with Gasteiger partial charge in [-0.05, 0) is 37.6 Å². The zero-order valence-corrected chi connectivity index (χ0v) is 11.6. The second-order valence-corrected chi connectivity index (χ2v) is 4.38. The largest absolute Gasteiger partial charge is 0.490 e. The number of nitrogens with zero attached hydrogens (tertiary/aromatic N) is 2. The van der Waals surface area contributed by atoms with E-state index in [0.29, 0.717) is 24.7 Å². The van der Waals surface area contributed by atoms with Gasteiger partial charge in [0.1, 0.15) is 30.6 Å². The summed E-state index contributed by atoms with van der Waals surface area (Å²) in [5, 5.41) is 9.12. The van der Waals surface area contributed by atoms with Gasteiger partial charge in [-0.2, -0.15) is 5.26 Å². The zero-order chi connectivity index (χ0) is 14.4. The molecule has 0 fully saturated rings. The Morgan fingerprint density at radius 3 is 2.50 bits per heavy atom. The minimum atomic E-state index is 0.347. The molecule has 0 aliphatic carbocycles. The zero-order valence-electron chi connectivity index (χ0n) is 11.6. The van der Waals surface area contributed by atoms with E-state index in [2.05, 4.69) is 11.1 Å². The van der Waals surface area contributed by atoms with Crippen molar-refractivity contribution in [3.05, 3.63) is 53.2 Å². The number of aromatic nitrogens is 1. The predicted octanol–water partition coefficient (Wildman–Crippen LogP) is 3.03. The summed E-state index contributed by atoms with van der Waals surface area (Å²) in [7, 11) is 0. The third-order valence-corrected chi connectivity index (χ3v) is 2.76. The molecule has 0 N–H and O–H groups in total. The van der Waals surface area contributed by atoms with Crippen molar-refractivity contribution in [2.45, 2.75) is 13.8 Å². The molecule has 0 spiro atoms. The van der Waals surface area contributed by atoms with E-state index < -0.39 is 0 Å². The van der Waals surface area contributed by atoms with Gasteiger partial charge in [-0.25, -0.2) is 4.98 Å². The van der Waals surface area contributed by atoms with Crippen LogP contribution in [-0.4, -0.2) is 18.2 Å². The average Bonchev–Trinajstić information content (AvgIpc) is 2.44. The van der Waals surface area contributed by atoms with Crippen LogP contribution in [-0.2, 0) is 0 Å². The lowest BCUT2D eigenvalue weighted by Crippen LogP contribution is -2.11. The molecule has 2 rings (SSSR count). The minimum absolute atomic E-state index is 0.347. The number of hydrogen-bond acceptors (Lipinski definition) is 4. The van der Waals surface area contributed by atoms with Crippen LogP contribution in [0.4, 0.5) is 0 Å². The molecule has 0 unspecified atom stereocenters. The number of para-hydroxylation sites is 1. The molecule has 0 radical (unpaired) electrons. The Hall–Kier alpha value is -2.54. The van der Waals surface area contributed by atoms with Crippen LogP contribution in [0, 0.1) is 25.2 Å². The van der Waals surface area contributed by atoms with Gasteiger partial charge in [0.15, 0.2) is 0 Å². The van der Waals surface area contributed by atoms with E-state index in [-0.39, 0.29) is 0 Å². The monoisotopic (exact) mass is 268 g/mol. The Balaban J connectivity index is 1.93. The minimum Gasteiger partial charge on any atom is -0.490 e. The molecule has 1 aromatic heterocycles. The fourth-order valence-corrected chi connectivity index (χ4v) is 1.86. The number of rotatable bonds is 5. The van der Waals surface area contributed by atoms with E-state index in [1.54, 1.807) is 0 Å². The van der Waals surface area contributed by atoms with E-state index in [0.717, 1.165) is 17.0 Å². The van der Waals surface area contributed by atoms with Crippen molar-refractivity contribution in [1.29, 1.82) is 5.26 Å². The lowest BCUT2D eigenvalue weighted by molar-refractivity contribution is 0.211. The number of aryl methyl sites for hydroxylation is 2. The van der Waals surface area contributed by atoms with Crippen molar-refractivity contribution in [3.63, 3.8) is 0 Å². The summed E-state index contributed by atoms with van der Waals surface area (Å²) in [4.78, 5) is 4.25. The summed E-state index contributed by atoms with van der Waals surface area (Å²) < 4.78 is 11.1. The molecule has 0 amide bonds. The van der Waals surface area contributed by atoms with Gasteiger partial charge < -0.3 is 9.47 Å². The number of pyridine rings is 1. The quantitative estimate of drug-likeness (QED) is 0.782. The maximum atomic E-state index is 9.12. The lowest BCUT2D eigenvalue weighted by Gasteiger charge is -2.10. The smallest absolute Gasteiger partial charge is 0.232 e. The first kappa shape index (κ1) is 13.9. The Morgan fingerprint density at radius 2 is 1.80 bits per heavy atom. The first-order valence-corrected chi connectivity index (χ1v) is 6.39. The van der Waals surface area contributed by atoms with Crippen molar-refractivity contribution in [2.75, 3.05) is 13.2 Å². The molecule has 0 aliphatic rings. The maximum absolute atomic E-state index is 9.12. The van der Waals surface area contributed by atoms with Crippen LogP contribution in [0.25, 0.3) is 0 Å². The topological polar surface area (TPSA) is 55.1 Å². The maximum Gasteiger partial charge on any atom is 0.232 e. The molecular formula is C16H16N2O2. The molecular weight excluding hydrogens is 252 g/mol. The highest BCUT2D eigenvalue weighted by Gasteiger charge is 2.09. The van der Waals surface area contributed by atoms with Gasteiger partial charge in [0.25, 0.3) is 0 Å². The van der Waals surface area contributed by atoms with E-state index in [4.69, 9.17) is 14.7 Å². The molecule has 4 nitrogen and oxygen atoms in total. The average molecular weight is 268 g/mol. The molecule has 0 saturated heterocycles. The molecule has 4 heteroatoms. The first-order chi connectivity index (χ1) is 9.70. The van der Waals surface area contributed by atoms with Crippen LogP contribution < -0.4 is 9.47 Å². The normalized spacial score (nSPS) is 9.85. The summed E-state index contributed by atoms with van der Waals surface area (Å²) >= 11 is 0. The van der Waals surface area contributed by atoms with Gasteiger partial charge in [-0.1, -0.05) is 18.2 Å². The molecule has 2 aromatic rings. The van der Waals surface area contributed by atoms with Gasteiger partial charge >= 0.3 is 0 Å². The van der Waals surface area contributed by atoms with E-state index in [9.17, 15) is 0 Å². The first-order valence-electron chi connectivity index (χ1n) is 6.39. The van der Waals surface area contributed by atoms with E-state index in [1.165, 1.54) is 0 Å². The highest BCUT2D eigenvalue weighted by atomic mass is 16.5. The van der Waals surface area contributed by atoms with Crippen molar-refractivity contribution < 1.29 is 9.47 Å². The molecule has 0 aliphatic heterocycles. The lowest BCUT2D eigenvalue weighted by atomic mass is 10.1. The molecule has 1 heterocycles. The second-order valence-electron chi connectivity index (χ2n) is 4.38. The third kappa shape index (κ3) is 3.48. The summed E-state index contributed by atoms with van der Waals surface area (Å²) in [5.41, 5.74) is 2.19. The number of benzene rings is 1. The molecule has 1 aromatic carbocycles. The van der Waals surface area contributed by atoms with Gasteiger partial charge in [0, 0.05) is 5.69 Å². The summed E-state index contributed by atoms with van der Waals surface area (Å²) in [5.74, 6) is 1.17. The van der Waals surface area contributed by atoms with Gasteiger partial charge in [0.05, 0.1) is 0 Å². The number of ether oxygens (including phenoxy) is 2. The fraction of sp³-hybridized carbons (Fsp3) is 0.250. The van der Waals surface area contributed by atoms with Crippen molar-refractivity contribution in [1.82, 2.24) is 4.98 Å². The summed E-state index contributed by atoms with van der Waals surface area (Å²) in [6.45, 7) is 4.51. The van der Waals surface area contributed by atoms with Crippen molar-refractivity contribution in [3.8, 4) is 17.7 Å². The Bertz CT molecular complexity index is 618. The summed E-state index contributed by atoms with van der Waals surface area (Å²) in [6, 6.07) is 13.5. The van der Waals surface area contributed by atoms with Crippen LogP contribution in [0.15, 0.2) is 36.4 Å².